The van der Waals surface area contributed by atoms with Crippen molar-refractivity contribution in [3.63, 3.8) is 0 Å². The largest absolute Gasteiger partial charge is 0.490 e. The molecule has 74 valence electrons. The van der Waals surface area contributed by atoms with Gasteiger partial charge in [0.1, 0.15) is 23.7 Å². The van der Waals surface area contributed by atoms with Crippen molar-refractivity contribution in [1.82, 2.24) is 0 Å². The first kappa shape index (κ1) is 8.16. The molecule has 2 unspecified atom stereocenters. The van der Waals surface area contributed by atoms with Gasteiger partial charge < -0.3 is 9.47 Å². The lowest BCUT2D eigenvalue weighted by Gasteiger charge is -2.04. The molecule has 1 aromatic rings. The van der Waals surface area contributed by atoms with E-state index in [1.807, 2.05) is 0 Å². The van der Waals surface area contributed by atoms with Gasteiger partial charge in [0, 0.05) is 24.0 Å². The minimum Gasteiger partial charge on any atom is -0.490 e. The molecule has 0 aromatic heterocycles. The topological polar surface area (TPSA) is 18.5 Å². The van der Waals surface area contributed by atoms with E-state index < -0.39 is 0 Å². The van der Waals surface area contributed by atoms with E-state index in [1.54, 1.807) is 0 Å². The van der Waals surface area contributed by atoms with Crippen molar-refractivity contribution in [1.29, 1.82) is 0 Å². The van der Waals surface area contributed by atoms with Crippen LogP contribution in [0, 0.1) is 0 Å². The van der Waals surface area contributed by atoms with Gasteiger partial charge in [-0.05, 0) is 26.0 Å². The number of hydrogen-bond donors (Lipinski definition) is 0. The monoisotopic (exact) mass is 190 g/mol. The fourth-order valence-corrected chi connectivity index (χ4v) is 2.32. The molecule has 1 aromatic carbocycles. The Balaban J connectivity index is 2.05. The lowest BCUT2D eigenvalue weighted by Crippen LogP contribution is -2.06. The third-order valence-corrected chi connectivity index (χ3v) is 2.91. The predicted octanol–water partition coefficient (Wildman–Crippen LogP) is 2.33. The molecule has 2 atom stereocenters. The van der Waals surface area contributed by atoms with Crippen LogP contribution in [0.1, 0.15) is 25.0 Å². The molecular formula is C12H14O2. The number of ether oxygens (including phenoxy) is 2. The zero-order valence-corrected chi connectivity index (χ0v) is 8.54. The van der Waals surface area contributed by atoms with Crippen molar-refractivity contribution >= 4 is 0 Å². The molecule has 0 spiro atoms. The van der Waals surface area contributed by atoms with E-state index in [0.29, 0.717) is 12.2 Å². The van der Waals surface area contributed by atoms with Gasteiger partial charge >= 0.3 is 0 Å². The number of hydrogen-bond acceptors (Lipinski definition) is 2. The lowest BCUT2D eigenvalue weighted by molar-refractivity contribution is 0.253. The molecule has 14 heavy (non-hydrogen) atoms. The Morgan fingerprint density at radius 2 is 1.36 bits per heavy atom. The molecule has 0 bridgehead atoms. The van der Waals surface area contributed by atoms with Gasteiger partial charge in [-0.1, -0.05) is 0 Å². The van der Waals surface area contributed by atoms with Crippen LogP contribution in [0.4, 0.5) is 0 Å². The number of rotatable bonds is 0. The smallest absolute Gasteiger partial charge is 0.123 e. The molecule has 0 saturated heterocycles. The van der Waals surface area contributed by atoms with E-state index in [1.165, 1.54) is 11.1 Å². The van der Waals surface area contributed by atoms with E-state index in [9.17, 15) is 0 Å². The second-order valence-corrected chi connectivity index (χ2v) is 4.33. The zero-order chi connectivity index (χ0) is 9.71. The first-order valence-corrected chi connectivity index (χ1v) is 5.21. The summed E-state index contributed by atoms with van der Waals surface area (Å²) in [5, 5.41) is 0. The SMILES string of the molecule is CC1Cc2cc3c(cc2O1)CC(C)O3. The van der Waals surface area contributed by atoms with E-state index in [-0.39, 0.29) is 0 Å². The van der Waals surface area contributed by atoms with Gasteiger partial charge in [-0.15, -0.1) is 0 Å². The standard InChI is InChI=1S/C12H14O2/c1-7-3-9-5-12-10(4-8(2)14-12)6-11(9)13-7/h5-8H,3-4H2,1-2H3. The summed E-state index contributed by atoms with van der Waals surface area (Å²) in [6, 6.07) is 4.30. The van der Waals surface area contributed by atoms with Gasteiger partial charge in [-0.25, -0.2) is 0 Å². The Morgan fingerprint density at radius 1 is 0.929 bits per heavy atom. The molecule has 3 rings (SSSR count). The maximum absolute atomic E-state index is 5.71. The molecule has 0 radical (unpaired) electrons. The third-order valence-electron chi connectivity index (χ3n) is 2.91. The molecule has 0 N–H and O–H groups in total. The highest BCUT2D eigenvalue weighted by Gasteiger charge is 2.26. The highest BCUT2D eigenvalue weighted by atomic mass is 16.5. The van der Waals surface area contributed by atoms with E-state index in [0.717, 1.165) is 24.3 Å². The minimum atomic E-state index is 0.324. The van der Waals surface area contributed by atoms with Crippen LogP contribution < -0.4 is 9.47 Å². The van der Waals surface area contributed by atoms with Gasteiger partial charge in [-0.3, -0.25) is 0 Å². The van der Waals surface area contributed by atoms with Crippen LogP contribution in [-0.2, 0) is 12.8 Å². The first-order chi connectivity index (χ1) is 6.72. The molecule has 0 fully saturated rings. The summed E-state index contributed by atoms with van der Waals surface area (Å²) in [5.41, 5.74) is 2.59. The number of fused-ring (bicyclic) bond motifs is 2. The van der Waals surface area contributed by atoms with E-state index in [2.05, 4.69) is 26.0 Å². The van der Waals surface area contributed by atoms with Crippen molar-refractivity contribution in [2.24, 2.45) is 0 Å². The van der Waals surface area contributed by atoms with Crippen molar-refractivity contribution in [2.75, 3.05) is 0 Å². The zero-order valence-electron chi connectivity index (χ0n) is 8.54. The minimum absolute atomic E-state index is 0.324. The summed E-state index contributed by atoms with van der Waals surface area (Å²) in [5.74, 6) is 2.13. The summed E-state index contributed by atoms with van der Waals surface area (Å²) in [6.45, 7) is 4.21. The average Bonchev–Trinajstić information content (AvgIpc) is 2.59. The molecule has 2 heteroatoms. The van der Waals surface area contributed by atoms with Crippen LogP contribution in [0.15, 0.2) is 12.1 Å². The van der Waals surface area contributed by atoms with Gasteiger partial charge in [-0.2, -0.15) is 0 Å². The van der Waals surface area contributed by atoms with Crippen molar-refractivity contribution in [3.05, 3.63) is 23.3 Å². The van der Waals surface area contributed by atoms with Crippen molar-refractivity contribution in [2.45, 2.75) is 38.9 Å². The highest BCUT2D eigenvalue weighted by molar-refractivity contribution is 5.50. The summed E-state index contributed by atoms with van der Waals surface area (Å²) >= 11 is 0. The normalized spacial score (nSPS) is 27.9. The molecular weight excluding hydrogens is 176 g/mol. The molecule has 2 aliphatic rings. The van der Waals surface area contributed by atoms with Crippen LogP contribution in [0.5, 0.6) is 11.5 Å². The summed E-state index contributed by atoms with van der Waals surface area (Å²) in [6.07, 6.45) is 2.68. The highest BCUT2D eigenvalue weighted by Crippen LogP contribution is 2.38. The maximum Gasteiger partial charge on any atom is 0.123 e. The Morgan fingerprint density at radius 3 is 1.79 bits per heavy atom. The van der Waals surface area contributed by atoms with Gasteiger partial charge in [0.2, 0.25) is 0 Å². The average molecular weight is 190 g/mol. The second-order valence-electron chi connectivity index (χ2n) is 4.33. The molecule has 2 heterocycles. The van der Waals surface area contributed by atoms with E-state index in [4.69, 9.17) is 9.47 Å². The predicted molar refractivity (Wildman–Crippen MR) is 54.0 cm³/mol. The molecule has 2 aliphatic heterocycles. The van der Waals surface area contributed by atoms with Crippen LogP contribution in [0.3, 0.4) is 0 Å². The molecule has 0 amide bonds. The first-order valence-electron chi connectivity index (χ1n) is 5.21. The van der Waals surface area contributed by atoms with Crippen LogP contribution >= 0.6 is 0 Å². The maximum atomic E-state index is 5.71. The Bertz CT molecular complexity index is 316. The lowest BCUT2D eigenvalue weighted by atomic mass is 10.1. The summed E-state index contributed by atoms with van der Waals surface area (Å²) in [7, 11) is 0. The quantitative estimate of drug-likeness (QED) is 0.625. The molecule has 0 aliphatic carbocycles. The van der Waals surface area contributed by atoms with Crippen molar-refractivity contribution < 1.29 is 9.47 Å². The fourth-order valence-electron chi connectivity index (χ4n) is 2.32. The fraction of sp³-hybridized carbons (Fsp3) is 0.500. The van der Waals surface area contributed by atoms with Gasteiger partial charge in [0.15, 0.2) is 0 Å². The summed E-state index contributed by atoms with van der Waals surface area (Å²) in [4.78, 5) is 0. The Hall–Kier alpha value is -1.18. The Labute approximate surface area is 83.8 Å². The molecule has 2 nitrogen and oxygen atoms in total. The van der Waals surface area contributed by atoms with Gasteiger partial charge in [0.25, 0.3) is 0 Å². The van der Waals surface area contributed by atoms with Crippen molar-refractivity contribution in [3.8, 4) is 11.5 Å². The van der Waals surface area contributed by atoms with Crippen LogP contribution in [-0.4, -0.2) is 12.2 Å². The Kier molecular flexibility index (Phi) is 1.55. The van der Waals surface area contributed by atoms with Crippen LogP contribution in [0.25, 0.3) is 0 Å². The van der Waals surface area contributed by atoms with Crippen LogP contribution in [0.2, 0.25) is 0 Å². The second kappa shape index (κ2) is 2.66. The summed E-state index contributed by atoms with van der Waals surface area (Å²) < 4.78 is 11.4. The van der Waals surface area contributed by atoms with Gasteiger partial charge in [0.05, 0.1) is 0 Å². The van der Waals surface area contributed by atoms with E-state index >= 15 is 0 Å². The molecule has 0 saturated carbocycles. The third kappa shape index (κ3) is 1.10. The number of benzene rings is 1.